The molecule has 0 atom stereocenters. The number of hydrogen-bond donors (Lipinski definition) is 1. The summed E-state index contributed by atoms with van der Waals surface area (Å²) >= 11 is 11.5. The molecule has 0 aliphatic rings. The van der Waals surface area contributed by atoms with E-state index in [1.54, 1.807) is 12.1 Å². The fourth-order valence-corrected chi connectivity index (χ4v) is 1.34. The number of benzene rings is 1. The van der Waals surface area contributed by atoms with Crippen LogP contribution in [0.1, 0.15) is 0 Å². The van der Waals surface area contributed by atoms with Crippen molar-refractivity contribution in [2.24, 2.45) is 0 Å². The molecule has 0 saturated heterocycles. The van der Waals surface area contributed by atoms with E-state index in [1.807, 2.05) is 0 Å². The minimum absolute atomic E-state index is 0. The Morgan fingerprint density at radius 3 is 2.56 bits per heavy atom. The van der Waals surface area contributed by atoms with Crippen LogP contribution in [0.25, 0.3) is 0 Å². The second-order valence-corrected chi connectivity index (χ2v) is 3.38. The van der Waals surface area contributed by atoms with Gasteiger partial charge in [-0.1, -0.05) is 23.2 Å². The van der Waals surface area contributed by atoms with Crippen molar-refractivity contribution in [3.8, 4) is 5.75 Å². The van der Waals surface area contributed by atoms with Gasteiger partial charge in [0.15, 0.2) is 0 Å². The highest BCUT2D eigenvalue weighted by molar-refractivity contribution is 6.35. The maximum atomic E-state index is 10.0. The lowest BCUT2D eigenvalue weighted by Crippen LogP contribution is -2.10. The monoisotopic (exact) mass is 286 g/mol. The van der Waals surface area contributed by atoms with E-state index in [0.717, 1.165) is 0 Å². The average Bonchev–Trinajstić information content (AvgIpc) is 2.14. The van der Waals surface area contributed by atoms with Gasteiger partial charge in [-0.15, -0.1) is 12.4 Å². The molecule has 90 valence electrons. The van der Waals surface area contributed by atoms with E-state index in [0.29, 0.717) is 15.8 Å². The van der Waals surface area contributed by atoms with Crippen molar-refractivity contribution in [3.63, 3.8) is 0 Å². The van der Waals surface area contributed by atoms with Crippen molar-refractivity contribution in [1.29, 1.82) is 0 Å². The molecule has 0 saturated carbocycles. The van der Waals surface area contributed by atoms with Crippen molar-refractivity contribution >= 4 is 41.8 Å². The summed E-state index contributed by atoms with van der Waals surface area (Å²) in [7, 11) is 0. The zero-order chi connectivity index (χ0) is 11.3. The van der Waals surface area contributed by atoms with Gasteiger partial charge < -0.3 is 14.6 Å². The molecule has 7 heteroatoms. The molecule has 0 bridgehead atoms. The van der Waals surface area contributed by atoms with E-state index < -0.39 is 6.16 Å². The molecule has 0 aliphatic carbocycles. The Kier molecular flexibility index (Phi) is 7.05. The molecule has 1 aromatic carbocycles. The molecule has 1 N–H and O–H groups in total. The maximum Gasteiger partial charge on any atom is 0.505 e. The molecular formula is C9H9Cl3O4. The third-order valence-corrected chi connectivity index (χ3v) is 1.99. The minimum atomic E-state index is -1.33. The lowest BCUT2D eigenvalue weighted by molar-refractivity contribution is 0.0781. The Morgan fingerprint density at radius 1 is 1.31 bits per heavy atom. The molecule has 0 spiro atoms. The topological polar surface area (TPSA) is 55.8 Å². The minimum Gasteiger partial charge on any atom is -0.488 e. The van der Waals surface area contributed by atoms with Gasteiger partial charge in [-0.2, -0.15) is 0 Å². The summed E-state index contributed by atoms with van der Waals surface area (Å²) in [5, 5.41) is 9.06. The van der Waals surface area contributed by atoms with Crippen molar-refractivity contribution in [1.82, 2.24) is 0 Å². The fourth-order valence-electron chi connectivity index (χ4n) is 0.873. The fraction of sp³-hybridized carbons (Fsp3) is 0.222. The first-order valence-corrected chi connectivity index (χ1v) is 4.79. The van der Waals surface area contributed by atoms with Crippen LogP contribution < -0.4 is 4.74 Å². The molecule has 0 amide bonds. The first-order valence-electron chi connectivity index (χ1n) is 4.03. The molecule has 16 heavy (non-hydrogen) atoms. The normalized spacial score (nSPS) is 9.12. The predicted molar refractivity (Wildman–Crippen MR) is 63.2 cm³/mol. The highest BCUT2D eigenvalue weighted by Crippen LogP contribution is 2.27. The van der Waals surface area contributed by atoms with Gasteiger partial charge in [0.2, 0.25) is 0 Å². The predicted octanol–water partition coefficient (Wildman–Crippen LogP) is 3.49. The molecule has 0 fully saturated rings. The largest absolute Gasteiger partial charge is 0.505 e. The van der Waals surface area contributed by atoms with Crippen molar-refractivity contribution < 1.29 is 19.4 Å². The summed E-state index contributed by atoms with van der Waals surface area (Å²) in [6.45, 7) is 0.0575. The highest BCUT2D eigenvalue weighted by atomic mass is 35.5. The molecule has 0 aliphatic heterocycles. The Bertz CT molecular complexity index is 357. The molecule has 1 rings (SSSR count). The molecule has 1 aromatic rings. The smallest absolute Gasteiger partial charge is 0.488 e. The van der Waals surface area contributed by atoms with Crippen LogP contribution in [0.5, 0.6) is 5.75 Å². The van der Waals surface area contributed by atoms with E-state index in [2.05, 4.69) is 4.74 Å². The summed E-state index contributed by atoms with van der Waals surface area (Å²) in [5.74, 6) is 0.440. The number of hydrogen-bond acceptors (Lipinski definition) is 3. The van der Waals surface area contributed by atoms with Crippen molar-refractivity contribution in [2.45, 2.75) is 0 Å². The summed E-state index contributed by atoms with van der Waals surface area (Å²) in [6.07, 6.45) is -1.33. The Morgan fingerprint density at radius 2 is 2.00 bits per heavy atom. The zero-order valence-electron chi connectivity index (χ0n) is 7.98. The zero-order valence-corrected chi connectivity index (χ0v) is 10.3. The summed E-state index contributed by atoms with van der Waals surface area (Å²) in [6, 6.07) is 4.77. The second-order valence-electron chi connectivity index (χ2n) is 2.54. The van der Waals surface area contributed by atoms with Gasteiger partial charge in [-0.05, 0) is 18.2 Å². The number of halogens is 3. The maximum absolute atomic E-state index is 10.0. The lowest BCUT2D eigenvalue weighted by Gasteiger charge is -2.07. The lowest BCUT2D eigenvalue weighted by atomic mass is 10.3. The first-order chi connectivity index (χ1) is 7.09. The van der Waals surface area contributed by atoms with E-state index >= 15 is 0 Å². The van der Waals surface area contributed by atoms with Gasteiger partial charge in [0.1, 0.15) is 19.0 Å². The van der Waals surface area contributed by atoms with Crippen LogP contribution in [0.3, 0.4) is 0 Å². The number of carboxylic acid groups (broad SMARTS) is 1. The van der Waals surface area contributed by atoms with Gasteiger partial charge in [0.05, 0.1) is 5.02 Å². The van der Waals surface area contributed by atoms with Crippen LogP contribution in [0.4, 0.5) is 4.79 Å². The summed E-state index contributed by atoms with van der Waals surface area (Å²) < 4.78 is 9.41. The van der Waals surface area contributed by atoms with Crippen LogP contribution in [0.15, 0.2) is 18.2 Å². The van der Waals surface area contributed by atoms with Crippen molar-refractivity contribution in [2.75, 3.05) is 13.2 Å². The third-order valence-electron chi connectivity index (χ3n) is 1.46. The quantitative estimate of drug-likeness (QED) is 0.680. The average molecular weight is 288 g/mol. The molecule has 0 radical (unpaired) electrons. The van der Waals surface area contributed by atoms with Crippen LogP contribution in [-0.4, -0.2) is 24.5 Å². The van der Waals surface area contributed by atoms with E-state index in [4.69, 9.17) is 33.0 Å². The summed E-state index contributed by atoms with van der Waals surface area (Å²) in [4.78, 5) is 10.0. The second kappa shape index (κ2) is 7.44. The number of ether oxygens (including phenoxy) is 2. The number of rotatable bonds is 4. The van der Waals surface area contributed by atoms with Crippen molar-refractivity contribution in [3.05, 3.63) is 28.2 Å². The Labute approximate surface area is 108 Å². The van der Waals surface area contributed by atoms with Crippen LogP contribution >= 0.6 is 35.6 Å². The number of carbonyl (C=O) groups is 1. The van der Waals surface area contributed by atoms with Gasteiger partial charge in [-0.25, -0.2) is 4.79 Å². The van der Waals surface area contributed by atoms with E-state index in [1.165, 1.54) is 6.07 Å². The third kappa shape index (κ3) is 5.30. The highest BCUT2D eigenvalue weighted by Gasteiger charge is 2.02. The van der Waals surface area contributed by atoms with Gasteiger partial charge in [-0.3, -0.25) is 0 Å². The van der Waals surface area contributed by atoms with Crippen LogP contribution in [-0.2, 0) is 4.74 Å². The SMILES string of the molecule is Cl.O=C(O)OCCOc1ccc(Cl)cc1Cl. The van der Waals surface area contributed by atoms with E-state index in [-0.39, 0.29) is 25.6 Å². The Balaban J connectivity index is 0.00000225. The van der Waals surface area contributed by atoms with E-state index in [9.17, 15) is 4.79 Å². The summed E-state index contributed by atoms with van der Waals surface area (Å²) in [5.41, 5.74) is 0. The van der Waals surface area contributed by atoms with Crippen LogP contribution in [0, 0.1) is 0 Å². The standard InChI is InChI=1S/C9H8Cl2O4.ClH/c10-6-1-2-8(7(11)5-6)14-3-4-15-9(12)13;/h1-2,5H,3-4H2,(H,12,13);1H. The van der Waals surface area contributed by atoms with Gasteiger partial charge in [0.25, 0.3) is 0 Å². The first kappa shape index (κ1) is 15.2. The molecule has 0 aromatic heterocycles. The molecular weight excluding hydrogens is 278 g/mol. The molecule has 0 unspecified atom stereocenters. The van der Waals surface area contributed by atoms with Gasteiger partial charge in [0, 0.05) is 5.02 Å². The molecule has 4 nitrogen and oxygen atoms in total. The molecule has 0 heterocycles. The van der Waals surface area contributed by atoms with Crippen LogP contribution in [0.2, 0.25) is 10.0 Å². The Hall–Kier alpha value is -0.840. The van der Waals surface area contributed by atoms with Gasteiger partial charge >= 0.3 is 6.16 Å².